The first kappa shape index (κ1) is 4.81. The van der Waals surface area contributed by atoms with Gasteiger partial charge in [0.25, 0.3) is 0 Å². The molecule has 0 N–H and O–H groups in total. The second-order valence-corrected chi connectivity index (χ2v) is 1.23. The van der Waals surface area contributed by atoms with Crippen LogP contribution in [0.5, 0.6) is 0 Å². The Morgan fingerprint density at radius 3 is 2.14 bits per heavy atom. The van der Waals surface area contributed by atoms with Gasteiger partial charge in [-0.15, -0.1) is 0 Å². The Kier molecular flexibility index (Phi) is 1.90. The summed E-state index contributed by atoms with van der Waals surface area (Å²) in [5.41, 5.74) is 0. The number of rotatable bonds is 0. The van der Waals surface area contributed by atoms with Crippen molar-refractivity contribution in [3.8, 4) is 0 Å². The highest BCUT2D eigenvalue weighted by Gasteiger charge is 1.88. The van der Waals surface area contributed by atoms with Gasteiger partial charge in [-0.1, -0.05) is 12.2 Å². The van der Waals surface area contributed by atoms with Crippen LogP contribution in [-0.2, 0) is 9.47 Å². The average Bonchev–Trinajstić information content (AvgIpc) is 1.90. The van der Waals surface area contributed by atoms with Gasteiger partial charge in [-0.2, -0.15) is 0 Å². The van der Waals surface area contributed by atoms with Crippen LogP contribution in [0, 0.1) is 6.79 Å². The standard InChI is InChI=1S/C5H7O2/c1-2-4-7-5-6-3-1/h1-2,5H,3-4H2. The molecule has 1 radical (unpaired) electrons. The highest BCUT2D eigenvalue weighted by atomic mass is 16.7. The average molecular weight is 99.1 g/mol. The zero-order valence-corrected chi connectivity index (χ0v) is 3.96. The van der Waals surface area contributed by atoms with E-state index < -0.39 is 0 Å². The van der Waals surface area contributed by atoms with Crippen LogP contribution < -0.4 is 0 Å². The molecule has 1 aliphatic heterocycles. The maximum atomic E-state index is 4.76. The SMILES string of the molecule is [CH]1OCC=CCO1. The molecule has 2 heteroatoms. The minimum Gasteiger partial charge on any atom is -0.344 e. The Morgan fingerprint density at radius 1 is 1.00 bits per heavy atom. The number of hydrogen-bond acceptors (Lipinski definition) is 2. The Labute approximate surface area is 42.7 Å². The van der Waals surface area contributed by atoms with Crippen LogP contribution in [0.15, 0.2) is 12.2 Å². The van der Waals surface area contributed by atoms with Crippen molar-refractivity contribution in [2.24, 2.45) is 0 Å². The van der Waals surface area contributed by atoms with Crippen LogP contribution in [0.25, 0.3) is 0 Å². The lowest BCUT2D eigenvalue weighted by atomic mass is 10.5. The maximum Gasteiger partial charge on any atom is 0.210 e. The van der Waals surface area contributed by atoms with Crippen LogP contribution in [0.4, 0.5) is 0 Å². The van der Waals surface area contributed by atoms with Crippen molar-refractivity contribution in [1.29, 1.82) is 0 Å². The van der Waals surface area contributed by atoms with Gasteiger partial charge in [0.2, 0.25) is 6.79 Å². The molecule has 0 aromatic carbocycles. The highest BCUT2D eigenvalue weighted by Crippen LogP contribution is 1.91. The van der Waals surface area contributed by atoms with Crippen molar-refractivity contribution < 1.29 is 9.47 Å². The van der Waals surface area contributed by atoms with E-state index in [-0.39, 0.29) is 0 Å². The van der Waals surface area contributed by atoms with Crippen LogP contribution in [0.3, 0.4) is 0 Å². The van der Waals surface area contributed by atoms with Gasteiger partial charge in [-0.25, -0.2) is 0 Å². The molecule has 1 aliphatic rings. The highest BCUT2D eigenvalue weighted by molar-refractivity contribution is 4.82. The predicted molar refractivity (Wildman–Crippen MR) is 25.3 cm³/mol. The third-order valence-corrected chi connectivity index (χ3v) is 0.688. The van der Waals surface area contributed by atoms with Crippen molar-refractivity contribution in [2.75, 3.05) is 13.2 Å². The van der Waals surface area contributed by atoms with Gasteiger partial charge >= 0.3 is 0 Å². The zero-order valence-electron chi connectivity index (χ0n) is 3.96. The molecule has 0 saturated heterocycles. The van der Waals surface area contributed by atoms with Crippen molar-refractivity contribution in [3.63, 3.8) is 0 Å². The predicted octanol–water partition coefficient (Wildman–Crippen LogP) is 0.709. The minimum absolute atomic E-state index is 0.639. The third kappa shape index (κ3) is 1.71. The summed E-state index contributed by atoms with van der Waals surface area (Å²) in [5.74, 6) is 0. The van der Waals surface area contributed by atoms with E-state index in [2.05, 4.69) is 0 Å². The summed E-state index contributed by atoms with van der Waals surface area (Å²) < 4.78 is 9.52. The molecule has 0 saturated carbocycles. The molecule has 0 aromatic rings. The van der Waals surface area contributed by atoms with Gasteiger partial charge in [0.1, 0.15) is 0 Å². The van der Waals surface area contributed by atoms with Gasteiger partial charge in [0, 0.05) is 0 Å². The van der Waals surface area contributed by atoms with E-state index >= 15 is 0 Å². The molecule has 0 bridgehead atoms. The Hall–Kier alpha value is -0.340. The van der Waals surface area contributed by atoms with E-state index in [4.69, 9.17) is 9.47 Å². The monoisotopic (exact) mass is 99.0 g/mol. The molecule has 39 valence electrons. The first-order valence-corrected chi connectivity index (χ1v) is 2.20. The smallest absolute Gasteiger partial charge is 0.210 e. The maximum absolute atomic E-state index is 4.76. The van der Waals surface area contributed by atoms with Crippen LogP contribution in [0.2, 0.25) is 0 Å². The minimum atomic E-state index is 0.639. The zero-order chi connectivity index (χ0) is 4.95. The summed E-state index contributed by atoms with van der Waals surface area (Å²) >= 11 is 0. The van der Waals surface area contributed by atoms with Crippen molar-refractivity contribution >= 4 is 0 Å². The van der Waals surface area contributed by atoms with Gasteiger partial charge in [-0.3, -0.25) is 0 Å². The first-order valence-electron chi connectivity index (χ1n) is 2.20. The fourth-order valence-electron chi connectivity index (χ4n) is 0.374. The summed E-state index contributed by atoms with van der Waals surface area (Å²) in [7, 11) is 0. The number of ether oxygens (including phenoxy) is 2. The fraction of sp³-hybridized carbons (Fsp3) is 0.400. The van der Waals surface area contributed by atoms with Gasteiger partial charge in [-0.05, 0) is 0 Å². The van der Waals surface area contributed by atoms with Crippen LogP contribution in [0.1, 0.15) is 0 Å². The van der Waals surface area contributed by atoms with Gasteiger partial charge < -0.3 is 9.47 Å². The summed E-state index contributed by atoms with van der Waals surface area (Å²) in [6.07, 6.45) is 3.84. The molecule has 0 unspecified atom stereocenters. The molecule has 0 aliphatic carbocycles. The molecule has 1 heterocycles. The summed E-state index contributed by atoms with van der Waals surface area (Å²) in [5, 5.41) is 0. The molecule has 0 spiro atoms. The van der Waals surface area contributed by atoms with E-state index in [9.17, 15) is 0 Å². The molecular formula is C5H7O2. The van der Waals surface area contributed by atoms with E-state index in [0.717, 1.165) is 0 Å². The van der Waals surface area contributed by atoms with Crippen LogP contribution >= 0.6 is 0 Å². The molecule has 0 amide bonds. The summed E-state index contributed by atoms with van der Waals surface area (Å²) in [6.45, 7) is 2.64. The lowest BCUT2D eigenvalue weighted by molar-refractivity contribution is 0.0527. The molecular weight excluding hydrogens is 92.1 g/mol. The number of hydrogen-bond donors (Lipinski definition) is 0. The normalized spacial score (nSPS) is 21.7. The van der Waals surface area contributed by atoms with E-state index in [0.29, 0.717) is 13.2 Å². The molecule has 1 rings (SSSR count). The summed E-state index contributed by atoms with van der Waals surface area (Å²) in [4.78, 5) is 0. The van der Waals surface area contributed by atoms with E-state index in [1.54, 1.807) is 0 Å². The van der Waals surface area contributed by atoms with E-state index in [1.165, 1.54) is 6.79 Å². The van der Waals surface area contributed by atoms with Crippen LogP contribution in [-0.4, -0.2) is 13.2 Å². The summed E-state index contributed by atoms with van der Waals surface area (Å²) in [6, 6.07) is 0. The largest absolute Gasteiger partial charge is 0.344 e. The first-order chi connectivity index (χ1) is 3.50. The lowest BCUT2D eigenvalue weighted by Gasteiger charge is -1.91. The third-order valence-electron chi connectivity index (χ3n) is 0.688. The van der Waals surface area contributed by atoms with Gasteiger partial charge in [0.05, 0.1) is 13.2 Å². The lowest BCUT2D eigenvalue weighted by Crippen LogP contribution is -1.87. The van der Waals surface area contributed by atoms with Crippen molar-refractivity contribution in [1.82, 2.24) is 0 Å². The quantitative estimate of drug-likeness (QED) is 0.416. The molecule has 0 fully saturated rings. The molecule has 2 nitrogen and oxygen atoms in total. The Morgan fingerprint density at radius 2 is 1.57 bits per heavy atom. The Bertz CT molecular complexity index is 60.5. The second kappa shape index (κ2) is 2.77. The topological polar surface area (TPSA) is 18.5 Å². The van der Waals surface area contributed by atoms with Crippen molar-refractivity contribution in [3.05, 3.63) is 18.9 Å². The molecule has 0 atom stereocenters. The second-order valence-electron chi connectivity index (χ2n) is 1.23. The molecule has 7 heavy (non-hydrogen) atoms. The van der Waals surface area contributed by atoms with E-state index in [1.807, 2.05) is 12.2 Å². The Balaban J connectivity index is 2.20. The van der Waals surface area contributed by atoms with Crippen molar-refractivity contribution in [2.45, 2.75) is 0 Å². The van der Waals surface area contributed by atoms with Gasteiger partial charge in [0.15, 0.2) is 0 Å². The molecule has 0 aromatic heterocycles. The fourth-order valence-corrected chi connectivity index (χ4v) is 0.374.